The van der Waals surface area contributed by atoms with Crippen molar-refractivity contribution in [2.75, 3.05) is 42.9 Å². The number of anilines is 3. The van der Waals surface area contributed by atoms with Gasteiger partial charge in [-0.2, -0.15) is 4.98 Å². The lowest BCUT2D eigenvalue weighted by atomic mass is 9.96. The summed E-state index contributed by atoms with van der Waals surface area (Å²) in [4.78, 5) is 61.3. The molecule has 0 saturated carbocycles. The average Bonchev–Trinajstić information content (AvgIpc) is 3.70. The number of piperazine rings is 1. The number of carbonyl (C=O) groups excluding carboxylic acids is 1. The first-order valence-corrected chi connectivity index (χ1v) is 18.6. The van der Waals surface area contributed by atoms with Crippen LogP contribution in [0.25, 0.3) is 16.9 Å². The molecule has 1 fully saturated rings. The van der Waals surface area contributed by atoms with E-state index < -0.39 is 17.2 Å². The molecule has 288 valence electrons. The first kappa shape index (κ1) is 37.8. The molecule has 1 aliphatic heterocycles. The van der Waals surface area contributed by atoms with Crippen molar-refractivity contribution in [1.82, 2.24) is 44.9 Å². The van der Waals surface area contributed by atoms with Crippen LogP contribution < -0.4 is 26.8 Å². The van der Waals surface area contributed by atoms with Crippen LogP contribution in [-0.2, 0) is 11.8 Å². The van der Waals surface area contributed by atoms with Gasteiger partial charge in [-0.1, -0.05) is 50.2 Å². The predicted molar refractivity (Wildman–Crippen MR) is 214 cm³/mol. The van der Waals surface area contributed by atoms with Gasteiger partial charge >= 0.3 is 17.5 Å². The fourth-order valence-corrected chi connectivity index (χ4v) is 6.60. The molecule has 1 atom stereocenters. The van der Waals surface area contributed by atoms with E-state index in [-0.39, 0.29) is 17.3 Å². The summed E-state index contributed by atoms with van der Waals surface area (Å²) in [6.07, 6.45) is 5.81. The van der Waals surface area contributed by atoms with Gasteiger partial charge in [0.2, 0.25) is 0 Å². The minimum absolute atomic E-state index is 0.0561. The normalized spacial score (nSPS) is 14.1. The maximum atomic E-state index is 12.8. The smallest absolute Gasteiger partial charge is 0.332 e. The number of pyridine rings is 1. The Morgan fingerprint density at radius 2 is 1.68 bits per heavy atom. The average molecular weight is 756 g/mol. The van der Waals surface area contributed by atoms with Crippen molar-refractivity contribution in [1.29, 1.82) is 0 Å². The van der Waals surface area contributed by atoms with Crippen LogP contribution in [0.5, 0.6) is 0 Å². The highest BCUT2D eigenvalue weighted by Gasteiger charge is 2.25. The van der Waals surface area contributed by atoms with Crippen LogP contribution in [0.2, 0.25) is 0 Å². The summed E-state index contributed by atoms with van der Waals surface area (Å²) in [5.41, 5.74) is 5.42. The first-order valence-electron chi connectivity index (χ1n) is 18.6. The minimum atomic E-state index is -0.451. The first-order chi connectivity index (χ1) is 26.9. The number of aromatic nitrogens is 7. The summed E-state index contributed by atoms with van der Waals surface area (Å²) in [5, 5.41) is 10.2. The Hall–Kier alpha value is -6.48. The number of aromatic amines is 1. The molecule has 0 radical (unpaired) electrons. The van der Waals surface area contributed by atoms with Gasteiger partial charge in [-0.3, -0.25) is 24.0 Å². The van der Waals surface area contributed by atoms with E-state index >= 15 is 0 Å². The maximum absolute atomic E-state index is 12.8. The summed E-state index contributed by atoms with van der Waals surface area (Å²) in [6, 6.07) is 20.8. The lowest BCUT2D eigenvalue weighted by Gasteiger charge is -2.36. The lowest BCUT2D eigenvalue weighted by Crippen LogP contribution is -2.47. The molecule has 56 heavy (non-hydrogen) atoms. The Kier molecular flexibility index (Phi) is 10.9. The Bertz CT molecular complexity index is 2420. The monoisotopic (exact) mass is 755 g/mol. The van der Waals surface area contributed by atoms with Gasteiger partial charge in [-0.05, 0) is 67.3 Å². The molecule has 0 spiro atoms. The van der Waals surface area contributed by atoms with Crippen LogP contribution in [0.15, 0.2) is 99.6 Å². The van der Waals surface area contributed by atoms with Gasteiger partial charge in [0.15, 0.2) is 5.82 Å². The molecule has 1 aliphatic rings. The second-order valence-electron chi connectivity index (χ2n) is 15.0. The van der Waals surface area contributed by atoms with Gasteiger partial charge in [-0.15, -0.1) is 0 Å². The molecule has 3 N–H and O–H groups in total. The molecule has 4 aromatic heterocycles. The van der Waals surface area contributed by atoms with Crippen LogP contribution in [0.3, 0.4) is 0 Å². The third-order valence-corrected chi connectivity index (χ3v) is 9.83. The molecular formula is C41H45N11O4. The molecule has 0 aliphatic carbocycles. The van der Waals surface area contributed by atoms with Crippen molar-refractivity contribution in [3.05, 3.63) is 135 Å². The Morgan fingerprint density at radius 1 is 0.911 bits per heavy atom. The third kappa shape index (κ3) is 8.90. The van der Waals surface area contributed by atoms with Gasteiger partial charge < -0.3 is 20.1 Å². The summed E-state index contributed by atoms with van der Waals surface area (Å²) in [7, 11) is 0. The number of hydrogen-bond donors (Lipinski definition) is 3. The molecule has 15 heteroatoms. The number of H-pyrrole nitrogens is 1. The van der Waals surface area contributed by atoms with E-state index in [9.17, 15) is 14.4 Å². The van der Waals surface area contributed by atoms with Crippen molar-refractivity contribution in [2.45, 2.75) is 52.5 Å². The van der Waals surface area contributed by atoms with Gasteiger partial charge in [-0.25, -0.2) is 19.7 Å². The molecule has 15 nitrogen and oxygen atoms in total. The highest BCUT2D eigenvalue weighted by Crippen LogP contribution is 2.27. The Balaban J connectivity index is 0.894. The van der Waals surface area contributed by atoms with Gasteiger partial charge in [0.05, 0.1) is 29.3 Å². The number of nitrogens with one attached hydrogen (secondary N) is 3. The maximum Gasteiger partial charge on any atom is 0.332 e. The number of benzene rings is 2. The summed E-state index contributed by atoms with van der Waals surface area (Å²) in [5.74, 6) is 1.31. The second-order valence-corrected chi connectivity index (χ2v) is 15.0. The zero-order valence-corrected chi connectivity index (χ0v) is 32.1. The number of aryl methyl sites for hydroxylation is 1. The van der Waals surface area contributed by atoms with Crippen LogP contribution in [0, 0.1) is 6.92 Å². The summed E-state index contributed by atoms with van der Waals surface area (Å²) < 4.78 is 6.63. The number of nitrogens with zero attached hydrogens (tertiary/aromatic N) is 8. The number of amides is 1. The van der Waals surface area contributed by atoms with Crippen molar-refractivity contribution < 1.29 is 9.32 Å². The highest BCUT2D eigenvalue weighted by atomic mass is 16.5. The van der Waals surface area contributed by atoms with Crippen molar-refractivity contribution in [2.24, 2.45) is 0 Å². The molecule has 7 rings (SSSR count). The predicted octanol–water partition coefficient (Wildman–Crippen LogP) is 4.97. The van der Waals surface area contributed by atoms with Crippen LogP contribution >= 0.6 is 0 Å². The van der Waals surface area contributed by atoms with E-state index in [0.29, 0.717) is 23.1 Å². The van der Waals surface area contributed by atoms with Crippen LogP contribution in [0.4, 0.5) is 17.3 Å². The Morgan fingerprint density at radius 3 is 2.36 bits per heavy atom. The van der Waals surface area contributed by atoms with Gasteiger partial charge in [0.25, 0.3) is 5.56 Å². The molecule has 5 heterocycles. The number of hydrogen-bond acceptors (Lipinski definition) is 12. The number of rotatable bonds is 11. The lowest BCUT2D eigenvalue weighted by molar-refractivity contribution is 0.0895. The molecule has 1 saturated heterocycles. The van der Waals surface area contributed by atoms with Crippen LogP contribution in [0.1, 0.15) is 66.9 Å². The number of carbonyl (C=O) groups is 1. The summed E-state index contributed by atoms with van der Waals surface area (Å²) in [6.45, 7) is 14.4. The topological polar surface area (TPSA) is 180 Å². The van der Waals surface area contributed by atoms with Gasteiger partial charge in [0, 0.05) is 62.0 Å². The summed E-state index contributed by atoms with van der Waals surface area (Å²) >= 11 is 0. The van der Waals surface area contributed by atoms with Crippen molar-refractivity contribution >= 4 is 23.2 Å². The zero-order valence-electron chi connectivity index (χ0n) is 32.1. The van der Waals surface area contributed by atoms with E-state index in [1.165, 1.54) is 28.7 Å². The van der Waals surface area contributed by atoms with E-state index in [1.54, 1.807) is 0 Å². The molecule has 0 unspecified atom stereocenters. The van der Waals surface area contributed by atoms with Crippen molar-refractivity contribution in [3.8, 4) is 16.9 Å². The molecule has 2 aromatic carbocycles. The fourth-order valence-electron chi connectivity index (χ4n) is 6.60. The van der Waals surface area contributed by atoms with E-state index in [2.05, 4.69) is 56.6 Å². The van der Waals surface area contributed by atoms with E-state index in [4.69, 9.17) is 4.52 Å². The fraction of sp³-hybridized carbons (Fsp3) is 0.317. The molecule has 0 bridgehead atoms. The quantitative estimate of drug-likeness (QED) is 0.162. The molecule has 6 aromatic rings. The highest BCUT2D eigenvalue weighted by molar-refractivity contribution is 5.89. The van der Waals surface area contributed by atoms with E-state index in [0.717, 1.165) is 67.2 Å². The largest absolute Gasteiger partial charge is 0.368 e. The van der Waals surface area contributed by atoms with Crippen LogP contribution in [-0.4, -0.2) is 78.2 Å². The molecule has 1 amide bonds. The molecular weight excluding hydrogens is 711 g/mol. The SMILES string of the molecule is Cc1cc(-c2cc(Nc3ccc(N4CCN(CCc5ccc(-n6ccc(=O)[nH]c6=O)cc5)CC4)cn3)ncn2)ccc1[C@@H](C)NC(=O)c1nc(C(C)(C)C)no1. The standard InChI is InChI=1S/C41H45N11O4/c1-26-22-29(8-12-32(26)27(2)45-37(54)38-48-39(49-56-38)41(3,4)5)33-23-35(44-25-43-33)46-34-13-11-31(24-42-34)51-20-18-50(19-21-51)16-14-28-6-9-30(10-7-28)52-17-15-36(53)47-40(52)55/h6-13,15,17,22-25,27H,14,16,18-21H2,1-5H3,(H,45,54)(H,47,53,55)(H,42,43,44,46)/t27-/m1/s1. The Labute approximate surface area is 323 Å². The van der Waals surface area contributed by atoms with E-state index in [1.807, 2.05) is 95.4 Å². The second kappa shape index (κ2) is 16.1. The van der Waals surface area contributed by atoms with Gasteiger partial charge in [0.1, 0.15) is 18.0 Å². The third-order valence-electron chi connectivity index (χ3n) is 9.83. The minimum Gasteiger partial charge on any atom is -0.368 e. The van der Waals surface area contributed by atoms with Crippen molar-refractivity contribution in [3.63, 3.8) is 0 Å². The zero-order chi connectivity index (χ0) is 39.4.